The van der Waals surface area contributed by atoms with Crippen molar-refractivity contribution in [3.05, 3.63) is 59.9 Å². The van der Waals surface area contributed by atoms with Gasteiger partial charge >= 0.3 is 0 Å². The van der Waals surface area contributed by atoms with Crippen LogP contribution in [0.3, 0.4) is 0 Å². The SMILES string of the molecule is Cc1cc2ncccc2cc1Oc1ccc2nc(C(C)C)c(O)cc2n1. The zero-order valence-corrected chi connectivity index (χ0v) is 14.9. The van der Waals surface area contributed by atoms with Crippen molar-refractivity contribution < 1.29 is 9.84 Å². The zero-order valence-electron chi connectivity index (χ0n) is 14.9. The van der Waals surface area contributed by atoms with Crippen molar-refractivity contribution in [1.29, 1.82) is 0 Å². The molecule has 0 amide bonds. The topological polar surface area (TPSA) is 68.1 Å². The highest BCUT2D eigenvalue weighted by Crippen LogP contribution is 2.31. The third-order valence-corrected chi connectivity index (χ3v) is 4.31. The second-order valence-corrected chi connectivity index (χ2v) is 6.65. The van der Waals surface area contributed by atoms with Crippen molar-refractivity contribution in [3.8, 4) is 17.4 Å². The molecule has 0 aliphatic carbocycles. The van der Waals surface area contributed by atoms with Crippen LogP contribution in [0.15, 0.2) is 48.7 Å². The number of aryl methyl sites for hydroxylation is 1. The van der Waals surface area contributed by atoms with Gasteiger partial charge in [0.2, 0.25) is 5.88 Å². The summed E-state index contributed by atoms with van der Waals surface area (Å²) in [5.74, 6) is 1.49. The molecular weight excluding hydrogens is 326 g/mol. The van der Waals surface area contributed by atoms with Gasteiger partial charge in [-0.1, -0.05) is 19.9 Å². The van der Waals surface area contributed by atoms with E-state index in [-0.39, 0.29) is 11.7 Å². The lowest BCUT2D eigenvalue weighted by Crippen LogP contribution is -1.96. The molecule has 3 aromatic heterocycles. The Hall–Kier alpha value is -3.21. The lowest BCUT2D eigenvalue weighted by molar-refractivity contribution is 0.458. The molecule has 0 fully saturated rings. The van der Waals surface area contributed by atoms with Crippen LogP contribution in [0.2, 0.25) is 0 Å². The first-order valence-corrected chi connectivity index (χ1v) is 8.55. The lowest BCUT2D eigenvalue weighted by Gasteiger charge is -2.11. The molecule has 0 aliphatic heterocycles. The summed E-state index contributed by atoms with van der Waals surface area (Å²) in [7, 11) is 0. The van der Waals surface area contributed by atoms with Crippen LogP contribution in [0, 0.1) is 6.92 Å². The Morgan fingerprint density at radius 1 is 0.962 bits per heavy atom. The third-order valence-electron chi connectivity index (χ3n) is 4.31. The van der Waals surface area contributed by atoms with E-state index >= 15 is 0 Å². The number of aromatic nitrogens is 3. The summed E-state index contributed by atoms with van der Waals surface area (Å²) < 4.78 is 5.99. The molecule has 0 bridgehead atoms. The van der Waals surface area contributed by atoms with E-state index in [2.05, 4.69) is 15.0 Å². The molecule has 4 aromatic rings. The Morgan fingerprint density at radius 2 is 1.81 bits per heavy atom. The highest BCUT2D eigenvalue weighted by atomic mass is 16.5. The van der Waals surface area contributed by atoms with Gasteiger partial charge in [-0.3, -0.25) is 4.98 Å². The summed E-state index contributed by atoms with van der Waals surface area (Å²) in [5, 5.41) is 11.2. The lowest BCUT2D eigenvalue weighted by atomic mass is 10.1. The van der Waals surface area contributed by atoms with Gasteiger partial charge in [0, 0.05) is 23.7 Å². The highest BCUT2D eigenvalue weighted by Gasteiger charge is 2.12. The monoisotopic (exact) mass is 345 g/mol. The van der Waals surface area contributed by atoms with Crippen LogP contribution in [-0.4, -0.2) is 20.1 Å². The molecule has 0 radical (unpaired) electrons. The minimum absolute atomic E-state index is 0.143. The molecule has 130 valence electrons. The first-order chi connectivity index (χ1) is 12.5. The maximum atomic E-state index is 10.2. The molecule has 5 heteroatoms. The number of pyridine rings is 3. The molecule has 0 spiro atoms. The number of nitrogens with zero attached hydrogens (tertiary/aromatic N) is 3. The fraction of sp³-hybridized carbons (Fsp3) is 0.190. The van der Waals surface area contributed by atoms with Gasteiger partial charge in [-0.2, -0.15) is 0 Å². The molecule has 3 heterocycles. The van der Waals surface area contributed by atoms with Gasteiger partial charge in [-0.15, -0.1) is 0 Å². The average molecular weight is 345 g/mol. The maximum Gasteiger partial charge on any atom is 0.219 e. The molecule has 0 saturated heterocycles. The fourth-order valence-electron chi connectivity index (χ4n) is 2.95. The van der Waals surface area contributed by atoms with E-state index in [4.69, 9.17) is 4.74 Å². The van der Waals surface area contributed by atoms with Crippen molar-refractivity contribution in [2.45, 2.75) is 26.7 Å². The summed E-state index contributed by atoms with van der Waals surface area (Å²) in [6.45, 7) is 5.97. The van der Waals surface area contributed by atoms with Crippen LogP contribution < -0.4 is 4.74 Å². The zero-order chi connectivity index (χ0) is 18.3. The van der Waals surface area contributed by atoms with E-state index in [1.54, 1.807) is 18.3 Å². The van der Waals surface area contributed by atoms with Crippen molar-refractivity contribution in [2.24, 2.45) is 0 Å². The predicted octanol–water partition coefficient (Wildman–Crippen LogP) is 5.11. The van der Waals surface area contributed by atoms with Gasteiger partial charge in [-0.05, 0) is 42.7 Å². The second kappa shape index (κ2) is 6.26. The van der Waals surface area contributed by atoms with Gasteiger partial charge in [0.1, 0.15) is 11.5 Å². The van der Waals surface area contributed by atoms with Crippen molar-refractivity contribution in [2.75, 3.05) is 0 Å². The number of benzene rings is 1. The minimum atomic E-state index is 0.143. The first-order valence-electron chi connectivity index (χ1n) is 8.55. The van der Waals surface area contributed by atoms with Gasteiger partial charge in [0.05, 0.1) is 22.2 Å². The Kier molecular flexibility index (Phi) is 3.92. The Bertz CT molecular complexity index is 1120. The molecule has 0 unspecified atom stereocenters. The summed E-state index contributed by atoms with van der Waals surface area (Å²) in [4.78, 5) is 13.4. The van der Waals surface area contributed by atoms with E-state index in [0.29, 0.717) is 17.1 Å². The van der Waals surface area contributed by atoms with Gasteiger partial charge in [-0.25, -0.2) is 9.97 Å². The summed E-state index contributed by atoms with van der Waals surface area (Å²) in [6, 6.07) is 13.1. The van der Waals surface area contributed by atoms with E-state index in [1.165, 1.54) is 0 Å². The maximum absolute atomic E-state index is 10.2. The number of ether oxygens (including phenoxy) is 1. The molecule has 1 aromatic carbocycles. The van der Waals surface area contributed by atoms with E-state index in [1.807, 2.05) is 51.1 Å². The number of aromatic hydroxyl groups is 1. The summed E-state index contributed by atoms with van der Waals surface area (Å²) >= 11 is 0. The minimum Gasteiger partial charge on any atom is -0.506 e. The van der Waals surface area contributed by atoms with Gasteiger partial charge < -0.3 is 9.84 Å². The molecule has 4 rings (SSSR count). The quantitative estimate of drug-likeness (QED) is 0.559. The van der Waals surface area contributed by atoms with E-state index in [0.717, 1.165) is 27.7 Å². The molecule has 5 nitrogen and oxygen atoms in total. The number of rotatable bonds is 3. The van der Waals surface area contributed by atoms with Crippen LogP contribution in [0.25, 0.3) is 21.9 Å². The van der Waals surface area contributed by atoms with Gasteiger partial charge in [0.25, 0.3) is 0 Å². The number of hydrogen-bond acceptors (Lipinski definition) is 5. The van der Waals surface area contributed by atoms with Crippen molar-refractivity contribution >= 4 is 21.9 Å². The number of hydrogen-bond donors (Lipinski definition) is 1. The van der Waals surface area contributed by atoms with Crippen LogP contribution in [0.4, 0.5) is 0 Å². The summed E-state index contributed by atoms with van der Waals surface area (Å²) in [5.41, 5.74) is 3.92. The van der Waals surface area contributed by atoms with Crippen LogP contribution in [0.1, 0.15) is 31.0 Å². The Labute approximate surface area is 151 Å². The van der Waals surface area contributed by atoms with Crippen LogP contribution in [0.5, 0.6) is 17.4 Å². The second-order valence-electron chi connectivity index (χ2n) is 6.65. The van der Waals surface area contributed by atoms with Gasteiger partial charge in [0.15, 0.2) is 0 Å². The molecular formula is C21H19N3O2. The molecule has 0 aliphatic rings. The average Bonchev–Trinajstić information content (AvgIpc) is 2.61. The Morgan fingerprint density at radius 3 is 2.62 bits per heavy atom. The smallest absolute Gasteiger partial charge is 0.219 e. The van der Waals surface area contributed by atoms with Crippen molar-refractivity contribution in [3.63, 3.8) is 0 Å². The highest BCUT2D eigenvalue weighted by molar-refractivity contribution is 5.81. The summed E-state index contributed by atoms with van der Waals surface area (Å²) in [6.07, 6.45) is 1.78. The normalized spacial score (nSPS) is 11.4. The standard InChI is InChI=1S/C21H19N3O2/c1-12(2)21-18(25)11-17-15(24-21)6-7-20(23-17)26-19-10-14-5-4-8-22-16(14)9-13(19)3/h4-12,25H,1-3H3. The molecule has 0 atom stereocenters. The van der Waals surface area contributed by atoms with Crippen LogP contribution >= 0.6 is 0 Å². The predicted molar refractivity (Wildman–Crippen MR) is 102 cm³/mol. The number of fused-ring (bicyclic) bond motifs is 2. The van der Waals surface area contributed by atoms with E-state index in [9.17, 15) is 5.11 Å². The first kappa shape index (κ1) is 16.3. The molecule has 26 heavy (non-hydrogen) atoms. The largest absolute Gasteiger partial charge is 0.506 e. The molecule has 1 N–H and O–H groups in total. The van der Waals surface area contributed by atoms with Crippen molar-refractivity contribution in [1.82, 2.24) is 15.0 Å². The Balaban J connectivity index is 1.73. The third kappa shape index (κ3) is 2.92. The van der Waals surface area contributed by atoms with Crippen LogP contribution in [-0.2, 0) is 0 Å². The molecule has 0 saturated carbocycles. The van der Waals surface area contributed by atoms with E-state index < -0.39 is 0 Å². The fourth-order valence-corrected chi connectivity index (χ4v) is 2.95.